The highest BCUT2D eigenvalue weighted by molar-refractivity contribution is 5.58. The van der Waals surface area contributed by atoms with E-state index in [4.69, 9.17) is 5.11 Å². The lowest BCUT2D eigenvalue weighted by molar-refractivity contribution is 0.512. The van der Waals surface area contributed by atoms with Crippen molar-refractivity contribution in [1.82, 2.24) is 4.98 Å². The molecule has 0 aromatic carbocycles. The average Bonchev–Trinajstić information content (AvgIpc) is 2.20. The molecule has 0 atom stereocenters. The van der Waals surface area contributed by atoms with Gasteiger partial charge in [-0.3, -0.25) is 4.98 Å². The molecular weight excluding hydrogens is 162 g/mol. The third-order valence-electron chi connectivity index (χ3n) is 1.60. The van der Waals surface area contributed by atoms with Gasteiger partial charge in [-0.15, -0.1) is 0 Å². The lowest BCUT2D eigenvalue weighted by Gasteiger charge is -2.03. The maximum absolute atomic E-state index is 9.11. The van der Waals surface area contributed by atoms with Crippen LogP contribution in [-0.4, -0.2) is 10.1 Å². The minimum absolute atomic E-state index is 0.115. The van der Waals surface area contributed by atoms with Crippen LogP contribution in [0.4, 0.5) is 0 Å². The molecule has 0 bridgehead atoms. The number of aryl methyl sites for hydroxylation is 1. The summed E-state index contributed by atoms with van der Waals surface area (Å²) in [7, 11) is 0. The zero-order valence-corrected chi connectivity index (χ0v) is 8.54. The first kappa shape index (κ1) is 11.7. The molecule has 0 spiro atoms. The standard InChI is InChI=1S/C9H11NO.C2H6/c1-3-8-6-10-5-4-9(8)7(2)11;1-2/h4-6,11H,2-3H2,1H3;1-2H3. The van der Waals surface area contributed by atoms with Crippen molar-refractivity contribution in [1.29, 1.82) is 0 Å². The van der Waals surface area contributed by atoms with Crippen LogP contribution >= 0.6 is 0 Å². The van der Waals surface area contributed by atoms with Crippen molar-refractivity contribution < 1.29 is 5.11 Å². The Morgan fingerprint density at radius 3 is 2.54 bits per heavy atom. The van der Waals surface area contributed by atoms with Gasteiger partial charge in [-0.05, 0) is 18.1 Å². The van der Waals surface area contributed by atoms with Crippen molar-refractivity contribution in [3.8, 4) is 0 Å². The number of pyridine rings is 1. The number of rotatable bonds is 2. The molecule has 0 aliphatic carbocycles. The van der Waals surface area contributed by atoms with Crippen LogP contribution in [0.5, 0.6) is 0 Å². The topological polar surface area (TPSA) is 33.1 Å². The lowest BCUT2D eigenvalue weighted by Crippen LogP contribution is -1.91. The molecule has 1 rings (SSSR count). The summed E-state index contributed by atoms with van der Waals surface area (Å²) in [5.41, 5.74) is 1.82. The molecular formula is C11H17NO. The zero-order chi connectivity index (χ0) is 10.3. The van der Waals surface area contributed by atoms with Crippen LogP contribution in [0.1, 0.15) is 31.9 Å². The van der Waals surface area contributed by atoms with E-state index in [0.717, 1.165) is 17.5 Å². The van der Waals surface area contributed by atoms with E-state index < -0.39 is 0 Å². The van der Waals surface area contributed by atoms with Gasteiger partial charge in [0.15, 0.2) is 0 Å². The fourth-order valence-electron chi connectivity index (χ4n) is 0.990. The Bertz CT molecular complexity index is 269. The first-order chi connectivity index (χ1) is 6.25. The van der Waals surface area contributed by atoms with Gasteiger partial charge in [-0.1, -0.05) is 27.4 Å². The molecule has 2 heteroatoms. The van der Waals surface area contributed by atoms with E-state index in [9.17, 15) is 0 Å². The number of aromatic nitrogens is 1. The molecule has 13 heavy (non-hydrogen) atoms. The van der Waals surface area contributed by atoms with Crippen LogP contribution in [0.3, 0.4) is 0 Å². The predicted molar refractivity (Wildman–Crippen MR) is 56.6 cm³/mol. The largest absolute Gasteiger partial charge is 0.508 e. The third kappa shape index (κ3) is 3.28. The summed E-state index contributed by atoms with van der Waals surface area (Å²) < 4.78 is 0. The van der Waals surface area contributed by atoms with Gasteiger partial charge in [0.05, 0.1) is 0 Å². The molecule has 1 aromatic rings. The summed E-state index contributed by atoms with van der Waals surface area (Å²) in [6, 6.07) is 1.77. The molecule has 0 aliphatic heterocycles. The number of hydrogen-bond acceptors (Lipinski definition) is 2. The van der Waals surface area contributed by atoms with E-state index in [2.05, 4.69) is 11.6 Å². The molecule has 0 amide bonds. The van der Waals surface area contributed by atoms with Gasteiger partial charge in [-0.25, -0.2) is 0 Å². The monoisotopic (exact) mass is 179 g/mol. The van der Waals surface area contributed by atoms with Crippen LogP contribution < -0.4 is 0 Å². The Morgan fingerprint density at radius 2 is 2.15 bits per heavy atom. The molecule has 0 unspecified atom stereocenters. The summed E-state index contributed by atoms with van der Waals surface area (Å²) in [5.74, 6) is 0.115. The lowest BCUT2D eigenvalue weighted by atomic mass is 10.1. The first-order valence-corrected chi connectivity index (χ1v) is 4.56. The molecule has 2 nitrogen and oxygen atoms in total. The van der Waals surface area contributed by atoms with Crippen molar-refractivity contribution >= 4 is 5.76 Å². The van der Waals surface area contributed by atoms with Gasteiger partial charge in [0.2, 0.25) is 0 Å². The van der Waals surface area contributed by atoms with E-state index in [1.165, 1.54) is 0 Å². The SMILES string of the molecule is C=C(O)c1ccncc1CC.CC. The highest BCUT2D eigenvalue weighted by atomic mass is 16.3. The zero-order valence-electron chi connectivity index (χ0n) is 8.54. The van der Waals surface area contributed by atoms with Crippen molar-refractivity contribution in [2.24, 2.45) is 0 Å². The van der Waals surface area contributed by atoms with E-state index in [0.29, 0.717) is 0 Å². The molecule has 0 aliphatic rings. The number of nitrogens with zero attached hydrogens (tertiary/aromatic N) is 1. The second-order valence-corrected chi connectivity index (χ2v) is 2.33. The molecule has 1 aromatic heterocycles. The molecule has 0 saturated heterocycles. The maximum Gasteiger partial charge on any atom is 0.116 e. The van der Waals surface area contributed by atoms with Gasteiger partial charge in [0.25, 0.3) is 0 Å². The van der Waals surface area contributed by atoms with Crippen molar-refractivity contribution in [3.63, 3.8) is 0 Å². The highest BCUT2D eigenvalue weighted by Gasteiger charge is 2.01. The molecule has 1 heterocycles. The summed E-state index contributed by atoms with van der Waals surface area (Å²) in [6.45, 7) is 9.48. The van der Waals surface area contributed by atoms with Gasteiger partial charge in [-0.2, -0.15) is 0 Å². The van der Waals surface area contributed by atoms with E-state index in [1.54, 1.807) is 18.5 Å². The Hall–Kier alpha value is -1.31. The van der Waals surface area contributed by atoms with Crippen molar-refractivity contribution in [2.75, 3.05) is 0 Å². The van der Waals surface area contributed by atoms with Crippen LogP contribution in [0, 0.1) is 0 Å². The molecule has 0 saturated carbocycles. The molecule has 72 valence electrons. The summed E-state index contributed by atoms with van der Waals surface area (Å²) >= 11 is 0. The third-order valence-corrected chi connectivity index (χ3v) is 1.60. The number of aliphatic hydroxyl groups excluding tert-OH is 1. The Labute approximate surface area is 80.0 Å². The molecule has 0 radical (unpaired) electrons. The molecule has 0 fully saturated rings. The van der Waals surface area contributed by atoms with E-state index >= 15 is 0 Å². The fourth-order valence-corrected chi connectivity index (χ4v) is 0.990. The Balaban J connectivity index is 0.000000671. The van der Waals surface area contributed by atoms with Crippen LogP contribution in [-0.2, 0) is 6.42 Å². The minimum Gasteiger partial charge on any atom is -0.508 e. The fraction of sp³-hybridized carbons (Fsp3) is 0.364. The normalized spacial score (nSPS) is 8.54. The van der Waals surface area contributed by atoms with Crippen LogP contribution in [0.25, 0.3) is 5.76 Å². The smallest absolute Gasteiger partial charge is 0.116 e. The predicted octanol–water partition coefficient (Wildman–Crippen LogP) is 3.20. The Morgan fingerprint density at radius 1 is 1.54 bits per heavy atom. The quantitative estimate of drug-likeness (QED) is 0.707. The summed E-state index contributed by atoms with van der Waals surface area (Å²) in [5, 5.41) is 9.11. The number of hydrogen-bond donors (Lipinski definition) is 1. The number of aliphatic hydroxyl groups is 1. The second-order valence-electron chi connectivity index (χ2n) is 2.33. The van der Waals surface area contributed by atoms with Gasteiger partial charge in [0.1, 0.15) is 5.76 Å². The van der Waals surface area contributed by atoms with Crippen LogP contribution in [0.15, 0.2) is 25.0 Å². The highest BCUT2D eigenvalue weighted by Crippen LogP contribution is 2.13. The van der Waals surface area contributed by atoms with Crippen molar-refractivity contribution in [2.45, 2.75) is 27.2 Å². The van der Waals surface area contributed by atoms with E-state index in [1.807, 2.05) is 20.8 Å². The Kier molecular flexibility index (Phi) is 5.60. The van der Waals surface area contributed by atoms with Gasteiger partial charge in [0, 0.05) is 18.0 Å². The second kappa shape index (κ2) is 6.23. The maximum atomic E-state index is 9.11. The molecule has 1 N–H and O–H groups in total. The average molecular weight is 179 g/mol. The van der Waals surface area contributed by atoms with Crippen molar-refractivity contribution in [3.05, 3.63) is 36.2 Å². The van der Waals surface area contributed by atoms with Gasteiger partial charge >= 0.3 is 0 Å². The summed E-state index contributed by atoms with van der Waals surface area (Å²) in [6.07, 6.45) is 4.26. The minimum atomic E-state index is 0.115. The first-order valence-electron chi connectivity index (χ1n) is 4.56. The van der Waals surface area contributed by atoms with Crippen LogP contribution in [0.2, 0.25) is 0 Å². The summed E-state index contributed by atoms with van der Waals surface area (Å²) in [4.78, 5) is 3.95. The van der Waals surface area contributed by atoms with Gasteiger partial charge < -0.3 is 5.11 Å². The van der Waals surface area contributed by atoms with E-state index in [-0.39, 0.29) is 5.76 Å².